The van der Waals surface area contributed by atoms with Gasteiger partial charge in [-0.15, -0.1) is 0 Å². The van der Waals surface area contributed by atoms with Crippen molar-refractivity contribution in [2.45, 2.75) is 25.8 Å². The molecule has 0 saturated heterocycles. The van der Waals surface area contributed by atoms with Gasteiger partial charge in [0.2, 0.25) is 0 Å². The first kappa shape index (κ1) is 17.7. The van der Waals surface area contributed by atoms with E-state index in [1.807, 2.05) is 29.3 Å². The Balaban J connectivity index is 1.46. The molecule has 7 nitrogen and oxygen atoms in total. The van der Waals surface area contributed by atoms with E-state index in [9.17, 15) is 0 Å². The average Bonchev–Trinajstić information content (AvgIpc) is 3.35. The molecular formula is C19H20BrN7. The monoisotopic (exact) mass is 425 g/mol. The third kappa shape index (κ3) is 4.33. The Bertz CT molecular complexity index is 996. The third-order valence-electron chi connectivity index (χ3n) is 4.35. The van der Waals surface area contributed by atoms with Gasteiger partial charge < -0.3 is 9.88 Å². The van der Waals surface area contributed by atoms with Crippen LogP contribution in [0.25, 0.3) is 5.65 Å². The van der Waals surface area contributed by atoms with Gasteiger partial charge in [0.1, 0.15) is 5.82 Å². The quantitative estimate of drug-likeness (QED) is 0.438. The summed E-state index contributed by atoms with van der Waals surface area (Å²) in [6.45, 7) is 1.77. The summed E-state index contributed by atoms with van der Waals surface area (Å²) in [6, 6.07) is 6.15. The molecule has 1 N–H and O–H groups in total. The first-order chi connectivity index (χ1) is 13.3. The highest BCUT2D eigenvalue weighted by molar-refractivity contribution is 9.10. The second-order valence-electron chi connectivity index (χ2n) is 6.30. The third-order valence-corrected chi connectivity index (χ3v) is 4.91. The Labute approximate surface area is 165 Å². The van der Waals surface area contributed by atoms with Crippen LogP contribution < -0.4 is 5.32 Å². The molecule has 0 aromatic carbocycles. The fraction of sp³-hybridized carbons (Fsp3) is 0.263. The summed E-state index contributed by atoms with van der Waals surface area (Å²) in [5.41, 5.74) is 3.16. The summed E-state index contributed by atoms with van der Waals surface area (Å²) in [7, 11) is 0. The normalized spacial score (nSPS) is 11.1. The summed E-state index contributed by atoms with van der Waals surface area (Å²) in [5, 5.41) is 7.89. The molecule has 0 saturated carbocycles. The zero-order chi connectivity index (χ0) is 18.5. The minimum Gasteiger partial charge on any atom is -0.370 e. The van der Waals surface area contributed by atoms with Crippen LogP contribution in [0.2, 0.25) is 0 Å². The fourth-order valence-corrected chi connectivity index (χ4v) is 3.33. The molecular weight excluding hydrogens is 406 g/mol. The molecule has 0 aliphatic rings. The van der Waals surface area contributed by atoms with Crippen molar-refractivity contribution in [3.05, 3.63) is 71.2 Å². The molecule has 0 spiro atoms. The molecule has 0 radical (unpaired) electrons. The lowest BCUT2D eigenvalue weighted by Gasteiger charge is -2.10. The second kappa shape index (κ2) is 8.30. The first-order valence-electron chi connectivity index (χ1n) is 8.91. The number of imidazole rings is 1. The minimum absolute atomic E-state index is 0.829. The maximum Gasteiger partial charge on any atom is 0.171 e. The maximum absolute atomic E-state index is 4.70. The van der Waals surface area contributed by atoms with Crippen molar-refractivity contribution >= 4 is 27.4 Å². The summed E-state index contributed by atoms with van der Waals surface area (Å²) >= 11 is 3.55. The van der Waals surface area contributed by atoms with Gasteiger partial charge in [0.05, 0.1) is 17.0 Å². The topological polar surface area (TPSA) is 72.9 Å². The van der Waals surface area contributed by atoms with E-state index in [0.717, 1.165) is 54.0 Å². The van der Waals surface area contributed by atoms with Crippen molar-refractivity contribution in [1.29, 1.82) is 0 Å². The zero-order valence-corrected chi connectivity index (χ0v) is 16.4. The molecule has 0 aliphatic heterocycles. The van der Waals surface area contributed by atoms with E-state index in [4.69, 9.17) is 4.98 Å². The molecule has 4 aromatic rings. The van der Waals surface area contributed by atoms with Gasteiger partial charge in [0, 0.05) is 49.6 Å². The van der Waals surface area contributed by atoms with Crippen LogP contribution in [0, 0.1) is 0 Å². The standard InChI is InChI=1S/C19H20BrN7/c20-17-13-24-27-16(5-4-15-3-1-6-21-12-15)11-18(25-19(17)27)23-7-2-9-26-10-8-22-14-26/h1,3,6,8,10-14H,2,4-5,7,9H2,(H,23,25). The van der Waals surface area contributed by atoms with Gasteiger partial charge in [0.15, 0.2) is 5.65 Å². The van der Waals surface area contributed by atoms with Gasteiger partial charge in [-0.3, -0.25) is 4.98 Å². The average molecular weight is 426 g/mol. The molecule has 0 bridgehead atoms. The highest BCUT2D eigenvalue weighted by atomic mass is 79.9. The number of halogens is 1. The second-order valence-corrected chi connectivity index (χ2v) is 7.16. The molecule has 0 fully saturated rings. The molecule has 0 unspecified atom stereocenters. The van der Waals surface area contributed by atoms with Gasteiger partial charge in [-0.25, -0.2) is 14.5 Å². The van der Waals surface area contributed by atoms with Crippen molar-refractivity contribution in [1.82, 2.24) is 29.1 Å². The first-order valence-corrected chi connectivity index (χ1v) is 9.70. The summed E-state index contributed by atoms with van der Waals surface area (Å²) in [6.07, 6.45) is 13.9. The highest BCUT2D eigenvalue weighted by Crippen LogP contribution is 2.20. The number of hydrogen-bond donors (Lipinski definition) is 1. The molecule has 0 amide bonds. The van der Waals surface area contributed by atoms with Crippen molar-refractivity contribution in [3.63, 3.8) is 0 Å². The summed E-state index contributed by atoms with van der Waals surface area (Å²) < 4.78 is 4.87. The van der Waals surface area contributed by atoms with Crippen LogP contribution >= 0.6 is 15.9 Å². The van der Waals surface area contributed by atoms with E-state index in [2.05, 4.69) is 53.0 Å². The number of anilines is 1. The Morgan fingerprint density at radius 1 is 1.11 bits per heavy atom. The van der Waals surface area contributed by atoms with Gasteiger partial charge in [-0.2, -0.15) is 5.10 Å². The Morgan fingerprint density at radius 3 is 2.89 bits per heavy atom. The number of pyridine rings is 1. The number of aryl methyl sites for hydroxylation is 3. The Hall–Kier alpha value is -2.74. The van der Waals surface area contributed by atoms with Crippen LogP contribution in [0.5, 0.6) is 0 Å². The predicted octanol–water partition coefficient (Wildman–Crippen LogP) is 3.37. The number of nitrogens with one attached hydrogen (secondary N) is 1. The van der Waals surface area contributed by atoms with Crippen LogP contribution in [0.3, 0.4) is 0 Å². The van der Waals surface area contributed by atoms with Crippen LogP contribution in [0.4, 0.5) is 5.82 Å². The maximum atomic E-state index is 4.70. The number of aromatic nitrogens is 6. The number of fused-ring (bicyclic) bond motifs is 1. The SMILES string of the molecule is Brc1cnn2c(CCc3cccnc3)cc(NCCCn3ccnc3)nc12. The predicted molar refractivity (Wildman–Crippen MR) is 108 cm³/mol. The number of hydrogen-bond acceptors (Lipinski definition) is 5. The van der Waals surface area contributed by atoms with Crippen molar-refractivity contribution in [2.24, 2.45) is 0 Å². The number of rotatable bonds is 8. The number of nitrogens with zero attached hydrogens (tertiary/aromatic N) is 6. The minimum atomic E-state index is 0.829. The lowest BCUT2D eigenvalue weighted by Crippen LogP contribution is -2.10. The highest BCUT2D eigenvalue weighted by Gasteiger charge is 2.10. The molecule has 0 atom stereocenters. The van der Waals surface area contributed by atoms with E-state index >= 15 is 0 Å². The van der Waals surface area contributed by atoms with Crippen molar-refractivity contribution < 1.29 is 0 Å². The molecule has 4 heterocycles. The molecule has 4 rings (SSSR count). The van der Waals surface area contributed by atoms with Crippen LogP contribution in [0.15, 0.2) is 60.0 Å². The van der Waals surface area contributed by atoms with Gasteiger partial charge in [-0.1, -0.05) is 6.07 Å². The molecule has 4 aromatic heterocycles. The van der Waals surface area contributed by atoms with Crippen LogP contribution in [0.1, 0.15) is 17.7 Å². The van der Waals surface area contributed by atoms with Crippen molar-refractivity contribution in [2.75, 3.05) is 11.9 Å². The lowest BCUT2D eigenvalue weighted by molar-refractivity contribution is 0.660. The lowest BCUT2D eigenvalue weighted by atomic mass is 10.1. The molecule has 27 heavy (non-hydrogen) atoms. The van der Waals surface area contributed by atoms with Gasteiger partial charge >= 0.3 is 0 Å². The largest absolute Gasteiger partial charge is 0.370 e. The molecule has 138 valence electrons. The van der Waals surface area contributed by atoms with E-state index in [-0.39, 0.29) is 0 Å². The van der Waals surface area contributed by atoms with Crippen LogP contribution in [-0.4, -0.2) is 35.7 Å². The summed E-state index contributed by atoms with van der Waals surface area (Å²) in [5.74, 6) is 0.871. The van der Waals surface area contributed by atoms with Crippen molar-refractivity contribution in [3.8, 4) is 0 Å². The van der Waals surface area contributed by atoms with Gasteiger partial charge in [-0.05, 0) is 46.8 Å². The zero-order valence-electron chi connectivity index (χ0n) is 14.8. The smallest absolute Gasteiger partial charge is 0.171 e. The van der Waals surface area contributed by atoms with E-state index < -0.39 is 0 Å². The fourth-order valence-electron chi connectivity index (χ4n) is 2.98. The molecule has 8 heteroatoms. The Kier molecular flexibility index (Phi) is 5.43. The molecule has 0 aliphatic carbocycles. The van der Waals surface area contributed by atoms with E-state index in [0.29, 0.717) is 0 Å². The van der Waals surface area contributed by atoms with Crippen LogP contribution in [-0.2, 0) is 19.4 Å². The van der Waals surface area contributed by atoms with E-state index in [1.54, 1.807) is 18.6 Å². The Morgan fingerprint density at radius 2 is 2.07 bits per heavy atom. The van der Waals surface area contributed by atoms with Gasteiger partial charge in [0.25, 0.3) is 0 Å². The van der Waals surface area contributed by atoms with E-state index in [1.165, 1.54) is 5.56 Å². The summed E-state index contributed by atoms with van der Waals surface area (Å²) in [4.78, 5) is 13.0.